The van der Waals surface area contributed by atoms with Crippen molar-refractivity contribution in [1.29, 1.82) is 0 Å². The minimum atomic E-state index is -4.40. The Kier molecular flexibility index (Phi) is 67.9. The molecule has 2 unspecified atom stereocenters. The van der Waals surface area contributed by atoms with Crippen molar-refractivity contribution in [3.8, 4) is 0 Å². The topological polar surface area (TPSA) is 108 Å². The predicted molar refractivity (Wildman–Crippen MR) is 390 cm³/mol. The van der Waals surface area contributed by atoms with Crippen molar-refractivity contribution in [2.75, 3.05) is 47.5 Å². The van der Waals surface area contributed by atoms with Crippen LogP contribution in [0.5, 0.6) is 0 Å². The summed E-state index contributed by atoms with van der Waals surface area (Å²) in [5.41, 5.74) is 0. The first-order valence-corrected chi connectivity index (χ1v) is 39.5. The van der Waals surface area contributed by atoms with Crippen LogP contribution in [0.3, 0.4) is 0 Å². The highest BCUT2D eigenvalue weighted by molar-refractivity contribution is 7.47. The van der Waals surface area contributed by atoms with Crippen LogP contribution in [0.25, 0.3) is 0 Å². The van der Waals surface area contributed by atoms with Gasteiger partial charge in [0.05, 0.1) is 27.7 Å². The normalized spacial score (nSPS) is 13.6. The van der Waals surface area contributed by atoms with Crippen LogP contribution in [0.4, 0.5) is 0 Å². The van der Waals surface area contributed by atoms with Crippen molar-refractivity contribution in [2.45, 2.75) is 354 Å². The first kappa shape index (κ1) is 86.9. The summed E-state index contributed by atoms with van der Waals surface area (Å²) in [5.74, 6) is -0.784. The fourth-order valence-electron chi connectivity index (χ4n) is 10.8. The summed E-state index contributed by atoms with van der Waals surface area (Å²) in [7, 11) is 1.49. The number of allylic oxidation sites excluding steroid dienone is 16. The fraction of sp³-hybridized carbons (Fsp3) is 0.775. The zero-order valence-corrected chi connectivity index (χ0v) is 60.5. The van der Waals surface area contributed by atoms with E-state index < -0.39 is 26.5 Å². The molecule has 1 N–H and O–H groups in total. The quantitative estimate of drug-likeness (QED) is 0.0211. The summed E-state index contributed by atoms with van der Waals surface area (Å²) in [4.78, 5) is 36.0. The van der Waals surface area contributed by atoms with E-state index in [1.807, 2.05) is 21.1 Å². The van der Waals surface area contributed by atoms with Gasteiger partial charge in [-0.3, -0.25) is 18.6 Å². The molecule has 0 saturated heterocycles. The highest BCUT2D eigenvalue weighted by Crippen LogP contribution is 2.43. The number of unbranched alkanes of at least 4 members (excludes halogenated alkanes) is 40. The number of ether oxygens (including phenoxy) is 2. The molecule has 0 aromatic carbocycles. The van der Waals surface area contributed by atoms with Gasteiger partial charge in [0.25, 0.3) is 0 Å². The molecule has 0 aliphatic carbocycles. The van der Waals surface area contributed by atoms with E-state index in [-0.39, 0.29) is 32.0 Å². The number of phosphoric ester groups is 1. The molecule has 0 aromatic rings. The third kappa shape index (κ3) is 74.0. The third-order valence-corrected chi connectivity index (χ3v) is 17.6. The van der Waals surface area contributed by atoms with E-state index in [9.17, 15) is 19.0 Å². The van der Waals surface area contributed by atoms with Crippen molar-refractivity contribution in [2.24, 2.45) is 0 Å². The molecule has 90 heavy (non-hydrogen) atoms. The Bertz CT molecular complexity index is 1840. The van der Waals surface area contributed by atoms with Crippen LogP contribution in [-0.4, -0.2) is 74.9 Å². The number of quaternary nitrogens is 1. The fourth-order valence-corrected chi connectivity index (χ4v) is 11.6. The molecule has 0 spiro atoms. The van der Waals surface area contributed by atoms with E-state index in [2.05, 4.69) is 111 Å². The van der Waals surface area contributed by atoms with Crippen molar-refractivity contribution < 1.29 is 42.1 Å². The lowest BCUT2D eigenvalue weighted by atomic mass is 10.0. The second-order valence-electron chi connectivity index (χ2n) is 26.7. The number of carbonyl (C=O) groups excluding carboxylic acids is 2. The number of nitrogens with zero attached hydrogens (tertiary/aromatic N) is 1. The maximum Gasteiger partial charge on any atom is 0.472 e. The number of carbonyl (C=O) groups is 2. The second-order valence-corrected chi connectivity index (χ2v) is 28.1. The molecule has 0 amide bonds. The number of hydrogen-bond donors (Lipinski definition) is 1. The van der Waals surface area contributed by atoms with Gasteiger partial charge in [-0.15, -0.1) is 0 Å². The molecule has 0 radical (unpaired) electrons. The molecule has 0 heterocycles. The summed E-state index contributed by atoms with van der Waals surface area (Å²) in [6.45, 7) is 4.35. The van der Waals surface area contributed by atoms with Gasteiger partial charge in [-0.2, -0.15) is 0 Å². The molecule has 2 atom stereocenters. The molecule has 0 aliphatic heterocycles. The van der Waals surface area contributed by atoms with E-state index in [4.69, 9.17) is 18.5 Å². The Morgan fingerprint density at radius 1 is 0.356 bits per heavy atom. The molecule has 0 fully saturated rings. The summed E-state index contributed by atoms with van der Waals surface area (Å²) >= 11 is 0. The van der Waals surface area contributed by atoms with Crippen LogP contribution in [0.15, 0.2) is 97.2 Å². The first-order chi connectivity index (χ1) is 44.0. The molecule has 9 nitrogen and oxygen atoms in total. The summed E-state index contributed by atoms with van der Waals surface area (Å²) < 4.78 is 34.8. The lowest BCUT2D eigenvalue weighted by Crippen LogP contribution is -2.37. The lowest BCUT2D eigenvalue weighted by Gasteiger charge is -2.24. The Balaban J connectivity index is 3.98. The summed E-state index contributed by atoms with van der Waals surface area (Å²) in [5, 5.41) is 0. The van der Waals surface area contributed by atoms with E-state index in [0.29, 0.717) is 17.4 Å². The number of phosphoric acid groups is 1. The number of hydrogen-bond acceptors (Lipinski definition) is 7. The van der Waals surface area contributed by atoms with Crippen molar-refractivity contribution in [3.05, 3.63) is 97.2 Å². The third-order valence-electron chi connectivity index (χ3n) is 16.6. The van der Waals surface area contributed by atoms with Gasteiger partial charge >= 0.3 is 19.8 Å². The van der Waals surface area contributed by atoms with E-state index >= 15 is 0 Å². The highest BCUT2D eigenvalue weighted by atomic mass is 31.2. The maximum absolute atomic E-state index is 12.9. The minimum absolute atomic E-state index is 0.0309. The predicted octanol–water partition coefficient (Wildman–Crippen LogP) is 25.1. The molecule has 0 bridgehead atoms. The average Bonchev–Trinajstić information content (AvgIpc) is 3.61. The molecule has 522 valence electrons. The molecule has 0 saturated carbocycles. The van der Waals surface area contributed by atoms with Crippen LogP contribution >= 0.6 is 7.82 Å². The molecule has 0 aliphatic rings. The first-order valence-electron chi connectivity index (χ1n) is 38.0. The van der Waals surface area contributed by atoms with Crippen molar-refractivity contribution >= 4 is 19.8 Å². The highest BCUT2D eigenvalue weighted by Gasteiger charge is 2.27. The van der Waals surface area contributed by atoms with Gasteiger partial charge in [0.15, 0.2) is 6.10 Å². The van der Waals surface area contributed by atoms with Gasteiger partial charge in [0, 0.05) is 12.8 Å². The van der Waals surface area contributed by atoms with Crippen LogP contribution in [0.1, 0.15) is 348 Å². The van der Waals surface area contributed by atoms with Gasteiger partial charge < -0.3 is 18.9 Å². The smallest absolute Gasteiger partial charge is 0.462 e. The van der Waals surface area contributed by atoms with Crippen molar-refractivity contribution in [1.82, 2.24) is 0 Å². The SMILES string of the molecule is CC/C=C\C/C=C\C/C=C\C/C=C\C/C=C\CCCCCCCCCCCCCCCCCCCCCC(=O)OC(COC(=O)CCCCCCCCCCCCCCCCCC/C=C\C/C=C\C/C=C\CCCCCCC)COP(=O)(O)OCC[N+](C)(C)C. The monoisotopic (exact) mass is 1280 g/mol. The zero-order valence-electron chi connectivity index (χ0n) is 59.6. The second kappa shape index (κ2) is 70.3. The minimum Gasteiger partial charge on any atom is -0.462 e. The van der Waals surface area contributed by atoms with Gasteiger partial charge in [-0.05, 0) is 96.3 Å². The number of esters is 2. The zero-order chi connectivity index (χ0) is 65.5. The number of likely N-dealkylation sites (N-methyl/N-ethyl adjacent to an activating group) is 1. The van der Waals surface area contributed by atoms with Crippen LogP contribution in [0.2, 0.25) is 0 Å². The van der Waals surface area contributed by atoms with Gasteiger partial charge in [0.1, 0.15) is 19.8 Å². The summed E-state index contributed by atoms with van der Waals surface area (Å²) in [6, 6.07) is 0. The molecule has 0 rings (SSSR count). The van der Waals surface area contributed by atoms with E-state index in [1.54, 1.807) is 0 Å². The Morgan fingerprint density at radius 2 is 0.633 bits per heavy atom. The van der Waals surface area contributed by atoms with Gasteiger partial charge in [-0.25, -0.2) is 4.57 Å². The maximum atomic E-state index is 12.9. The standard InChI is InChI=1S/C80H144NO8P/c1-6-8-10-12-14-16-18-20-22-24-26-28-30-32-34-36-38-39-40-41-43-45-47-49-51-53-55-57-59-61-63-65-67-69-71-73-80(83)89-78(77-88-90(84,85)87-75-74-81(3,4)5)76-86-79(82)72-70-68-66-64-62-60-58-56-54-52-50-48-46-44-42-37-35-33-31-29-27-25-23-21-19-17-15-13-11-9-7-2/h8,10,14,16,19-22,25-28,31-34,78H,6-7,9,11-13,15,17-18,23-24,29-30,35-77H2,1-5H3/p+1/b10-8-,16-14-,21-19-,22-20-,27-25-,28-26-,33-31-,34-32-. The van der Waals surface area contributed by atoms with E-state index in [0.717, 1.165) is 77.0 Å². The molecule has 0 aromatic heterocycles. The lowest BCUT2D eigenvalue weighted by molar-refractivity contribution is -0.870. The van der Waals surface area contributed by atoms with Gasteiger partial charge in [0.2, 0.25) is 0 Å². The van der Waals surface area contributed by atoms with Crippen LogP contribution in [-0.2, 0) is 32.7 Å². The molecular formula is C80H145NO8P+. The number of rotatable bonds is 70. The Morgan fingerprint density at radius 3 is 0.944 bits per heavy atom. The van der Waals surface area contributed by atoms with Crippen LogP contribution < -0.4 is 0 Å². The van der Waals surface area contributed by atoms with E-state index in [1.165, 1.54) is 238 Å². The Labute approximate surface area is 557 Å². The largest absolute Gasteiger partial charge is 0.472 e. The van der Waals surface area contributed by atoms with Crippen molar-refractivity contribution in [3.63, 3.8) is 0 Å². The average molecular weight is 1280 g/mol. The summed E-state index contributed by atoms with van der Waals surface area (Å²) in [6.07, 6.45) is 98.2. The molecular weight excluding hydrogens is 1130 g/mol. The molecule has 10 heteroatoms. The van der Waals surface area contributed by atoms with Gasteiger partial charge in [-0.1, -0.05) is 336 Å². The Hall–Kier alpha value is -3.07. The van der Waals surface area contributed by atoms with Crippen LogP contribution in [0, 0.1) is 0 Å².